The van der Waals surface area contributed by atoms with Crippen LogP contribution in [0.4, 0.5) is 22.7 Å². The Balaban J connectivity index is 0.000000171. The second-order valence-corrected chi connectivity index (χ2v) is 26.2. The van der Waals surface area contributed by atoms with Gasteiger partial charge in [-0.2, -0.15) is 0 Å². The fourth-order valence-corrected chi connectivity index (χ4v) is 10.8. The van der Waals surface area contributed by atoms with Gasteiger partial charge in [0.2, 0.25) is 30.1 Å². The van der Waals surface area contributed by atoms with E-state index in [0.717, 1.165) is 85.9 Å². The molecular formula is C64H62CuN12O8S4. The SMILES string of the molecule is C1=CC2c3nc(nc4[n-]c(nc5nc(nc6[n-]c(n3)c3ccccc63)-c3ccccc3-5)c3ccccc43)C2C=C1.CSOONc1ccc(C)cc1.Cc1ccc(NS(C)(=O)=O)cc1.Cc1ccc(NS(C)(=O)=O)cc1.Cc1ccc(NS(C)(=O)=O)cc1.[Cu+2]. The van der Waals surface area contributed by atoms with Gasteiger partial charge in [0, 0.05) is 80.9 Å². The third kappa shape index (κ3) is 18.6. The number of nitrogens with one attached hydrogen (secondary N) is 4. The van der Waals surface area contributed by atoms with Crippen LogP contribution in [-0.2, 0) is 56.5 Å². The van der Waals surface area contributed by atoms with Crippen molar-refractivity contribution in [1.82, 2.24) is 39.9 Å². The zero-order valence-corrected chi connectivity index (χ0v) is 53.6. The minimum atomic E-state index is -3.14. The van der Waals surface area contributed by atoms with E-state index in [2.05, 4.69) is 41.1 Å². The largest absolute Gasteiger partial charge is 2.00 e. The van der Waals surface area contributed by atoms with Gasteiger partial charge in [0.1, 0.15) is 0 Å². The Kier molecular flexibility index (Phi) is 21.9. The molecule has 2 unspecified atom stereocenters. The Hall–Kier alpha value is -8.78. The van der Waals surface area contributed by atoms with Gasteiger partial charge in [0.15, 0.2) is 0 Å². The van der Waals surface area contributed by atoms with Gasteiger partial charge >= 0.3 is 17.1 Å². The Morgan fingerprint density at radius 2 is 0.708 bits per heavy atom. The minimum Gasteiger partial charge on any atom is -0.357 e. The van der Waals surface area contributed by atoms with E-state index in [1.165, 1.54) is 5.56 Å². The van der Waals surface area contributed by atoms with Crippen molar-refractivity contribution in [3.8, 4) is 22.8 Å². The van der Waals surface area contributed by atoms with Crippen LogP contribution in [0.5, 0.6) is 0 Å². The summed E-state index contributed by atoms with van der Waals surface area (Å²) in [6, 6.07) is 53.3. The van der Waals surface area contributed by atoms with Gasteiger partial charge in [0.25, 0.3) is 0 Å². The third-order valence-corrected chi connectivity index (χ3v) is 15.1. The van der Waals surface area contributed by atoms with E-state index in [9.17, 15) is 25.3 Å². The van der Waals surface area contributed by atoms with E-state index in [-0.39, 0.29) is 28.9 Å². The van der Waals surface area contributed by atoms with Crippen LogP contribution < -0.4 is 29.6 Å². The van der Waals surface area contributed by atoms with Crippen molar-refractivity contribution in [2.24, 2.45) is 0 Å². The predicted octanol–water partition coefficient (Wildman–Crippen LogP) is 12.4. The molecule has 20 nitrogen and oxygen atoms in total. The summed E-state index contributed by atoms with van der Waals surface area (Å²) in [5.74, 6) is 2.39. The summed E-state index contributed by atoms with van der Waals surface area (Å²) >= 11 is 1.14. The first-order valence-electron chi connectivity index (χ1n) is 27.2. The zero-order valence-electron chi connectivity index (χ0n) is 49.4. The van der Waals surface area contributed by atoms with Crippen LogP contribution in [0.1, 0.15) is 45.7 Å². The second-order valence-electron chi connectivity index (χ2n) is 20.5. The molecule has 0 saturated heterocycles. The van der Waals surface area contributed by atoms with Crippen LogP contribution in [0, 0.1) is 27.7 Å². The summed E-state index contributed by atoms with van der Waals surface area (Å²) < 4.78 is 76.4. The molecule has 461 valence electrons. The van der Waals surface area contributed by atoms with E-state index in [1.54, 1.807) is 42.7 Å². The quantitative estimate of drug-likeness (QED) is 0.0326. The van der Waals surface area contributed by atoms with Crippen molar-refractivity contribution in [3.63, 3.8) is 0 Å². The first-order chi connectivity index (χ1) is 42.0. The molecule has 7 aromatic carbocycles. The van der Waals surface area contributed by atoms with E-state index in [1.807, 2.05) is 173 Å². The summed E-state index contributed by atoms with van der Waals surface area (Å²) in [6.45, 7) is 7.88. The Labute approximate surface area is 532 Å². The molecule has 25 heteroatoms. The van der Waals surface area contributed by atoms with Crippen molar-refractivity contribution in [3.05, 3.63) is 228 Å². The van der Waals surface area contributed by atoms with Crippen molar-refractivity contribution in [2.75, 3.05) is 44.7 Å². The van der Waals surface area contributed by atoms with E-state index in [4.69, 9.17) is 39.9 Å². The van der Waals surface area contributed by atoms with Gasteiger partial charge in [-0.05, 0) is 97.8 Å². The van der Waals surface area contributed by atoms with E-state index >= 15 is 0 Å². The number of aromatic nitrogens is 8. The van der Waals surface area contributed by atoms with Crippen molar-refractivity contribution >= 4 is 109 Å². The molecule has 0 fully saturated rings. The molecule has 2 aliphatic heterocycles. The normalized spacial score (nSPS) is 13.6. The molecule has 13 rings (SSSR count). The number of benzene rings is 7. The molecule has 2 atom stereocenters. The van der Waals surface area contributed by atoms with Crippen LogP contribution >= 0.6 is 12.0 Å². The maximum absolute atomic E-state index is 10.8. The number of allylic oxidation sites excluding steroid dienone is 4. The van der Waals surface area contributed by atoms with E-state index < -0.39 is 30.1 Å². The van der Waals surface area contributed by atoms with Gasteiger partial charge in [-0.1, -0.05) is 168 Å². The van der Waals surface area contributed by atoms with Crippen LogP contribution in [0.3, 0.4) is 0 Å². The Bertz CT molecular complexity index is 4370. The molecule has 1 radical (unpaired) electrons. The first-order valence-corrected chi connectivity index (χ1v) is 34.0. The molecule has 0 amide bonds. The van der Waals surface area contributed by atoms with Crippen LogP contribution in [0.15, 0.2) is 194 Å². The number of aryl methyl sites for hydroxylation is 4. The topological polar surface area (TPSA) is 275 Å². The van der Waals surface area contributed by atoms with E-state index in [0.29, 0.717) is 62.9 Å². The fourth-order valence-electron chi connectivity index (χ4n) is 9.00. The molecule has 3 aromatic heterocycles. The number of anilines is 4. The summed E-state index contributed by atoms with van der Waals surface area (Å²) in [4.78, 5) is 44.2. The maximum atomic E-state index is 10.8. The number of sulfonamides is 3. The zero-order chi connectivity index (χ0) is 62.6. The summed E-state index contributed by atoms with van der Waals surface area (Å²) in [5.41, 5.74) is 13.9. The average Bonchev–Trinajstić information content (AvgIpc) is 1.80. The maximum Gasteiger partial charge on any atom is 2.00 e. The molecule has 8 bridgehead atoms. The number of fused-ring (bicyclic) bond motifs is 20. The fraction of sp³-hybridized carbons (Fsp3) is 0.156. The molecule has 0 spiro atoms. The molecule has 10 aromatic rings. The number of hydrogen-bond acceptors (Lipinski definition) is 16. The van der Waals surface area contributed by atoms with Gasteiger partial charge < -0.3 is 29.9 Å². The molecular weight excluding hydrogens is 1260 g/mol. The van der Waals surface area contributed by atoms with Gasteiger partial charge in [-0.15, -0.1) is 9.32 Å². The van der Waals surface area contributed by atoms with Crippen LogP contribution in [-0.4, -0.2) is 80.2 Å². The summed E-state index contributed by atoms with van der Waals surface area (Å²) in [7, 11) is -9.42. The molecule has 89 heavy (non-hydrogen) atoms. The molecule has 3 aliphatic rings. The average molecular weight is 1320 g/mol. The molecule has 1 aliphatic carbocycles. The van der Waals surface area contributed by atoms with Gasteiger partial charge in [0.05, 0.1) is 47.8 Å². The standard InChI is InChI=1S/C32H18N8.4C8H11NO2S.Cu/c1-2-10-18-17(9-1)25-33-26(18)38-28-21-13-5-6-14-22(21)30(35-28)40-32-24-16-8-7-15-23(24)31(36-32)39-29-20-12-4-3-11-19(20)27(34-29)37-25;3*1-7-3-5-8(6-4-7)9-12(2,10)11;1-7-3-5-8(6-4-7)9-10-11-12-2;/h1-18H;4*3-6,9H,1-2H3;/q-2;;;;;+2. The predicted molar refractivity (Wildman–Crippen MR) is 353 cm³/mol. The minimum absolute atomic E-state index is 0. The number of hydrogen-bond donors (Lipinski definition) is 4. The monoisotopic (exact) mass is 1320 g/mol. The van der Waals surface area contributed by atoms with Crippen molar-refractivity contribution < 1.29 is 51.6 Å². The Morgan fingerprint density at radius 3 is 1.02 bits per heavy atom. The van der Waals surface area contributed by atoms with Crippen molar-refractivity contribution in [1.29, 1.82) is 0 Å². The smallest absolute Gasteiger partial charge is 0.357 e. The number of nitrogens with zero attached hydrogens (tertiary/aromatic N) is 8. The van der Waals surface area contributed by atoms with Crippen molar-refractivity contribution in [2.45, 2.75) is 39.5 Å². The third-order valence-electron chi connectivity index (χ3n) is 13.1. The van der Waals surface area contributed by atoms with Crippen LogP contribution in [0.25, 0.3) is 66.9 Å². The summed E-state index contributed by atoms with van der Waals surface area (Å²) in [6.07, 6.45) is 13.5. The van der Waals surface area contributed by atoms with Crippen LogP contribution in [0.2, 0.25) is 0 Å². The van der Waals surface area contributed by atoms with Gasteiger partial charge in [-0.25, -0.2) is 35.7 Å². The second kappa shape index (κ2) is 29.5. The number of rotatable bonds is 10. The molecule has 0 saturated carbocycles. The first kappa shape index (κ1) is 66.2. The Morgan fingerprint density at radius 1 is 0.404 bits per heavy atom. The molecule has 4 N–H and O–H groups in total. The van der Waals surface area contributed by atoms with Gasteiger partial charge in [-0.3, -0.25) is 19.2 Å². The molecule has 5 heterocycles. The summed E-state index contributed by atoms with van der Waals surface area (Å²) in [5, 5.41) is 3.65.